The molecule has 0 bridgehead atoms. The van der Waals surface area contributed by atoms with Crippen molar-refractivity contribution >= 4 is 33.3 Å². The summed E-state index contributed by atoms with van der Waals surface area (Å²) in [7, 11) is 0. The zero-order valence-corrected chi connectivity index (χ0v) is 18.3. The van der Waals surface area contributed by atoms with E-state index >= 15 is 0 Å². The maximum absolute atomic E-state index is 12.9. The molecule has 0 saturated heterocycles. The second-order valence-corrected chi connectivity index (χ2v) is 8.34. The second-order valence-electron chi connectivity index (χ2n) is 7.28. The van der Waals surface area contributed by atoms with Crippen molar-refractivity contribution in [1.29, 1.82) is 0 Å². The summed E-state index contributed by atoms with van der Waals surface area (Å²) < 4.78 is 1.55. The van der Waals surface area contributed by atoms with Gasteiger partial charge < -0.3 is 0 Å². The van der Waals surface area contributed by atoms with Gasteiger partial charge in [-0.2, -0.15) is 0 Å². The quantitative estimate of drug-likeness (QED) is 0.433. The highest BCUT2D eigenvalue weighted by Crippen LogP contribution is 2.19. The van der Waals surface area contributed by atoms with Gasteiger partial charge in [-0.1, -0.05) is 43.2 Å². The Morgan fingerprint density at radius 3 is 2.61 bits per heavy atom. The van der Waals surface area contributed by atoms with Crippen LogP contribution in [0, 0.1) is 6.92 Å². The molecule has 4 rings (SSSR count). The molecule has 2 heterocycles. The summed E-state index contributed by atoms with van der Waals surface area (Å²) in [4.78, 5) is 30.0. The van der Waals surface area contributed by atoms with Crippen LogP contribution >= 0.6 is 11.3 Å². The first-order valence-electron chi connectivity index (χ1n) is 10.3. The average Bonchev–Trinajstić information content (AvgIpc) is 3.21. The Morgan fingerprint density at radius 2 is 1.84 bits per heavy atom. The van der Waals surface area contributed by atoms with E-state index in [1.807, 2.05) is 18.2 Å². The van der Waals surface area contributed by atoms with E-state index in [4.69, 9.17) is 0 Å². The minimum absolute atomic E-state index is 0.134. The van der Waals surface area contributed by atoms with Crippen LogP contribution in [0.25, 0.3) is 16.6 Å². The number of rotatable bonds is 7. The molecule has 8 heteroatoms. The molecule has 31 heavy (non-hydrogen) atoms. The Hall–Kier alpha value is -3.39. The number of hydrogen-bond donors (Lipinski definition) is 1. The average molecular weight is 434 g/mol. The molecule has 2 aromatic heterocycles. The van der Waals surface area contributed by atoms with E-state index in [1.165, 1.54) is 11.3 Å². The number of anilines is 1. The molecule has 7 nitrogen and oxygen atoms in total. The number of nitrogens with one attached hydrogen (secondary N) is 1. The number of amides is 1. The smallest absolute Gasteiger partial charge is 0.265 e. The van der Waals surface area contributed by atoms with Gasteiger partial charge in [0.2, 0.25) is 5.13 Å². The molecule has 158 valence electrons. The van der Waals surface area contributed by atoms with Crippen molar-refractivity contribution in [3.05, 3.63) is 75.3 Å². The summed E-state index contributed by atoms with van der Waals surface area (Å²) >= 11 is 1.40. The van der Waals surface area contributed by atoms with Crippen molar-refractivity contribution in [3.8, 4) is 5.69 Å². The van der Waals surface area contributed by atoms with E-state index in [9.17, 15) is 9.59 Å². The minimum atomic E-state index is -0.261. The van der Waals surface area contributed by atoms with Crippen LogP contribution in [-0.2, 0) is 6.42 Å². The molecule has 1 N–H and O–H groups in total. The van der Waals surface area contributed by atoms with Crippen molar-refractivity contribution in [2.45, 2.75) is 39.5 Å². The Balaban J connectivity index is 1.52. The van der Waals surface area contributed by atoms with Gasteiger partial charge in [0.05, 0.1) is 16.6 Å². The van der Waals surface area contributed by atoms with Gasteiger partial charge in [-0.05, 0) is 49.7 Å². The van der Waals surface area contributed by atoms with Gasteiger partial charge in [0, 0.05) is 12.0 Å². The van der Waals surface area contributed by atoms with Crippen LogP contribution in [0.3, 0.4) is 0 Å². The lowest BCUT2D eigenvalue weighted by Crippen LogP contribution is -2.22. The third-order valence-electron chi connectivity index (χ3n) is 5.01. The number of unbranched alkanes of at least 4 members (excludes halogenated alkanes) is 2. The first-order chi connectivity index (χ1) is 15.1. The number of carbonyl (C=O) groups is 1. The minimum Gasteiger partial charge on any atom is -0.296 e. The summed E-state index contributed by atoms with van der Waals surface area (Å²) in [5, 5.41) is 13.0. The Labute approximate surface area is 183 Å². The lowest BCUT2D eigenvalue weighted by atomic mass is 10.2. The van der Waals surface area contributed by atoms with E-state index in [2.05, 4.69) is 27.4 Å². The van der Waals surface area contributed by atoms with E-state index in [-0.39, 0.29) is 11.5 Å². The van der Waals surface area contributed by atoms with Gasteiger partial charge in [-0.25, -0.2) is 4.98 Å². The van der Waals surface area contributed by atoms with E-state index < -0.39 is 0 Å². The SMILES string of the molecule is CCCCCc1nnc(NC(=O)c2ccc(-n3c(C)nc4ccccc4c3=O)cc2)s1. The van der Waals surface area contributed by atoms with E-state index in [0.717, 1.165) is 30.7 Å². The molecule has 2 aromatic carbocycles. The molecule has 0 aliphatic rings. The molecule has 0 aliphatic heterocycles. The number of aryl methyl sites for hydroxylation is 2. The predicted octanol–water partition coefficient (Wildman–Crippen LogP) is 4.53. The Bertz CT molecular complexity index is 1280. The zero-order chi connectivity index (χ0) is 21.8. The fourth-order valence-corrected chi connectivity index (χ4v) is 4.19. The molecule has 0 radical (unpaired) electrons. The lowest BCUT2D eigenvalue weighted by molar-refractivity contribution is 0.102. The maximum atomic E-state index is 12.9. The summed E-state index contributed by atoms with van der Waals surface area (Å²) in [5.74, 6) is 0.328. The number of benzene rings is 2. The number of hydrogen-bond acceptors (Lipinski definition) is 6. The Kier molecular flexibility index (Phi) is 6.18. The molecular formula is C23H23N5O2S. The lowest BCUT2D eigenvalue weighted by Gasteiger charge is -2.11. The predicted molar refractivity (Wildman–Crippen MR) is 123 cm³/mol. The third-order valence-corrected chi connectivity index (χ3v) is 5.91. The third kappa shape index (κ3) is 4.54. The van der Waals surface area contributed by atoms with E-state index in [1.54, 1.807) is 41.8 Å². The van der Waals surface area contributed by atoms with Crippen LogP contribution in [0.2, 0.25) is 0 Å². The number of aromatic nitrogens is 4. The number of nitrogens with zero attached hydrogens (tertiary/aromatic N) is 4. The van der Waals surface area contributed by atoms with Crippen LogP contribution in [-0.4, -0.2) is 25.7 Å². The number of para-hydroxylation sites is 1. The molecule has 0 atom stereocenters. The molecule has 0 spiro atoms. The summed E-state index contributed by atoms with van der Waals surface area (Å²) in [5.41, 5.74) is 1.67. The largest absolute Gasteiger partial charge is 0.296 e. The van der Waals surface area contributed by atoms with Crippen molar-refractivity contribution < 1.29 is 4.79 Å². The van der Waals surface area contributed by atoms with E-state index in [0.29, 0.717) is 33.1 Å². The Morgan fingerprint density at radius 1 is 1.06 bits per heavy atom. The number of fused-ring (bicyclic) bond motifs is 1. The maximum Gasteiger partial charge on any atom is 0.265 e. The summed E-state index contributed by atoms with van der Waals surface area (Å²) in [6.07, 6.45) is 4.26. The van der Waals surface area contributed by atoms with Crippen molar-refractivity contribution in [3.63, 3.8) is 0 Å². The molecule has 0 fully saturated rings. The monoisotopic (exact) mass is 433 g/mol. The van der Waals surface area contributed by atoms with Crippen LogP contribution in [0.5, 0.6) is 0 Å². The van der Waals surface area contributed by atoms with Crippen molar-refractivity contribution in [1.82, 2.24) is 19.7 Å². The van der Waals surface area contributed by atoms with Gasteiger partial charge in [-0.15, -0.1) is 10.2 Å². The fraction of sp³-hybridized carbons (Fsp3) is 0.261. The normalized spacial score (nSPS) is 11.0. The molecule has 1 amide bonds. The van der Waals surface area contributed by atoms with Gasteiger partial charge in [0.25, 0.3) is 11.5 Å². The van der Waals surface area contributed by atoms with Crippen molar-refractivity contribution in [2.75, 3.05) is 5.32 Å². The first-order valence-corrected chi connectivity index (χ1v) is 11.1. The number of carbonyl (C=O) groups excluding carboxylic acids is 1. The first kappa shape index (κ1) is 20.9. The van der Waals surface area contributed by atoms with Crippen LogP contribution in [0.15, 0.2) is 53.3 Å². The van der Waals surface area contributed by atoms with Crippen LogP contribution in [0.1, 0.15) is 47.4 Å². The molecular weight excluding hydrogens is 410 g/mol. The standard InChI is InChI=1S/C23H23N5O2S/c1-3-4-5-10-20-26-27-23(31-20)25-21(29)16-11-13-17(14-12-16)28-15(2)24-19-9-7-6-8-18(19)22(28)30/h6-9,11-14H,3-5,10H2,1-2H3,(H,25,27,29). The van der Waals surface area contributed by atoms with Crippen molar-refractivity contribution in [2.24, 2.45) is 0 Å². The molecule has 4 aromatic rings. The summed E-state index contributed by atoms with van der Waals surface area (Å²) in [6, 6.07) is 14.1. The fourth-order valence-electron chi connectivity index (χ4n) is 3.41. The highest BCUT2D eigenvalue weighted by atomic mass is 32.1. The summed E-state index contributed by atoms with van der Waals surface area (Å²) in [6.45, 7) is 3.95. The second kappa shape index (κ2) is 9.18. The van der Waals surface area contributed by atoms with Gasteiger partial charge in [0.1, 0.15) is 10.8 Å². The topological polar surface area (TPSA) is 89.8 Å². The molecule has 0 saturated carbocycles. The van der Waals surface area contributed by atoms with Gasteiger partial charge >= 0.3 is 0 Å². The van der Waals surface area contributed by atoms with Gasteiger partial charge in [0.15, 0.2) is 0 Å². The highest BCUT2D eigenvalue weighted by molar-refractivity contribution is 7.15. The zero-order valence-electron chi connectivity index (χ0n) is 17.5. The highest BCUT2D eigenvalue weighted by Gasteiger charge is 2.13. The van der Waals surface area contributed by atoms with Gasteiger partial charge in [-0.3, -0.25) is 19.5 Å². The molecule has 0 aliphatic carbocycles. The van der Waals surface area contributed by atoms with Crippen LogP contribution in [0.4, 0.5) is 5.13 Å². The molecule has 0 unspecified atom stereocenters. The van der Waals surface area contributed by atoms with Crippen LogP contribution < -0.4 is 10.9 Å².